The Bertz CT molecular complexity index is 533. The van der Waals surface area contributed by atoms with Crippen molar-refractivity contribution in [2.45, 2.75) is 38.8 Å². The average molecular weight is 341 g/mol. The lowest BCUT2D eigenvalue weighted by molar-refractivity contribution is -0.385. The fraction of sp³-hybridized carbons (Fsp3) is 0.500. The summed E-state index contributed by atoms with van der Waals surface area (Å²) in [6, 6.07) is 5.35. The summed E-state index contributed by atoms with van der Waals surface area (Å²) in [6.07, 6.45) is 2.66. The summed E-state index contributed by atoms with van der Waals surface area (Å²) in [5, 5.41) is 10.9. The van der Waals surface area contributed by atoms with Crippen LogP contribution in [-0.4, -0.2) is 28.2 Å². The van der Waals surface area contributed by atoms with E-state index in [1.807, 2.05) is 6.07 Å². The van der Waals surface area contributed by atoms with E-state index in [4.69, 9.17) is 0 Å². The number of halogens is 1. The number of carbonyl (C=O) groups is 1. The van der Waals surface area contributed by atoms with Gasteiger partial charge in [0.2, 0.25) is 0 Å². The number of carbonyl (C=O) groups excluding carboxylic acids is 1. The van der Waals surface area contributed by atoms with Gasteiger partial charge in [-0.3, -0.25) is 19.8 Å². The third-order valence-corrected chi connectivity index (χ3v) is 4.57. The molecule has 1 heterocycles. The maximum Gasteiger partial charge on any atom is 0.283 e. The van der Waals surface area contributed by atoms with Gasteiger partial charge in [-0.1, -0.05) is 12.1 Å². The van der Waals surface area contributed by atoms with Gasteiger partial charge in [-0.2, -0.15) is 0 Å². The van der Waals surface area contributed by atoms with E-state index < -0.39 is 0 Å². The third kappa shape index (κ3) is 3.43. The van der Waals surface area contributed by atoms with E-state index in [1.54, 1.807) is 13.0 Å². The largest absolute Gasteiger partial charge is 0.300 e. The van der Waals surface area contributed by atoms with Gasteiger partial charge in [0, 0.05) is 25.1 Å². The van der Waals surface area contributed by atoms with E-state index in [1.165, 1.54) is 6.07 Å². The fourth-order valence-corrected chi connectivity index (χ4v) is 3.25. The number of hydrogen-bond donors (Lipinski definition) is 0. The highest BCUT2D eigenvalue weighted by Crippen LogP contribution is 2.31. The first-order valence-corrected chi connectivity index (χ1v) is 7.43. The lowest BCUT2D eigenvalue weighted by Gasteiger charge is -2.24. The number of nitro benzene ring substituents is 1. The van der Waals surface area contributed by atoms with Crippen LogP contribution >= 0.6 is 15.9 Å². The van der Waals surface area contributed by atoms with Gasteiger partial charge in [-0.25, -0.2) is 0 Å². The molecule has 2 rings (SSSR count). The first kappa shape index (κ1) is 15.1. The van der Waals surface area contributed by atoms with Crippen LogP contribution in [0.5, 0.6) is 0 Å². The molecule has 20 heavy (non-hydrogen) atoms. The lowest BCUT2D eigenvalue weighted by atomic mass is 10.1. The number of rotatable bonds is 5. The smallest absolute Gasteiger partial charge is 0.283 e. The van der Waals surface area contributed by atoms with Crippen LogP contribution in [0.2, 0.25) is 0 Å². The Kier molecular flexibility index (Phi) is 4.88. The molecule has 1 saturated heterocycles. The first-order valence-electron chi connectivity index (χ1n) is 6.64. The van der Waals surface area contributed by atoms with E-state index in [0.717, 1.165) is 24.9 Å². The number of likely N-dealkylation sites (tertiary alicyclic amines) is 1. The minimum atomic E-state index is -0.384. The molecule has 1 aliphatic rings. The standard InChI is InChI=1S/C14H17BrN2O3/c1-10(18)8-12-5-3-7-16(12)9-11-4-2-6-13(14(11)15)17(19)20/h2,4,6,12H,3,5,7-9H2,1H3. The molecule has 6 heteroatoms. The molecule has 0 bridgehead atoms. The monoisotopic (exact) mass is 340 g/mol. The molecular weight excluding hydrogens is 324 g/mol. The van der Waals surface area contributed by atoms with Crippen LogP contribution in [0.4, 0.5) is 5.69 Å². The second-order valence-electron chi connectivity index (χ2n) is 5.18. The molecule has 108 valence electrons. The van der Waals surface area contributed by atoms with E-state index in [9.17, 15) is 14.9 Å². The normalized spacial score (nSPS) is 19.2. The van der Waals surface area contributed by atoms with E-state index in [2.05, 4.69) is 20.8 Å². The number of benzene rings is 1. The Labute approximate surface area is 126 Å². The van der Waals surface area contributed by atoms with Gasteiger partial charge in [-0.15, -0.1) is 0 Å². The second kappa shape index (κ2) is 6.45. The Morgan fingerprint density at radius 1 is 1.55 bits per heavy atom. The fourth-order valence-electron chi connectivity index (χ4n) is 2.71. The highest BCUT2D eigenvalue weighted by Gasteiger charge is 2.27. The summed E-state index contributed by atoms with van der Waals surface area (Å²) in [4.78, 5) is 24.1. The molecule has 1 fully saturated rings. The summed E-state index contributed by atoms with van der Waals surface area (Å²) in [7, 11) is 0. The minimum Gasteiger partial charge on any atom is -0.300 e. The highest BCUT2D eigenvalue weighted by molar-refractivity contribution is 9.10. The van der Waals surface area contributed by atoms with E-state index >= 15 is 0 Å². The number of ketones is 1. The molecule has 1 aromatic carbocycles. The van der Waals surface area contributed by atoms with Crippen molar-refractivity contribution in [3.63, 3.8) is 0 Å². The molecular formula is C14H17BrN2O3. The van der Waals surface area contributed by atoms with Crippen molar-refractivity contribution in [3.05, 3.63) is 38.3 Å². The maximum atomic E-state index is 11.3. The van der Waals surface area contributed by atoms with Crippen molar-refractivity contribution in [2.75, 3.05) is 6.54 Å². The number of nitro groups is 1. The van der Waals surface area contributed by atoms with Gasteiger partial charge in [0.15, 0.2) is 0 Å². The number of nitrogens with zero attached hydrogens (tertiary/aromatic N) is 2. The number of hydrogen-bond acceptors (Lipinski definition) is 4. The topological polar surface area (TPSA) is 63.5 Å². The van der Waals surface area contributed by atoms with Crippen LogP contribution in [0.3, 0.4) is 0 Å². The molecule has 0 spiro atoms. The average Bonchev–Trinajstić information content (AvgIpc) is 2.78. The van der Waals surface area contributed by atoms with Gasteiger partial charge >= 0.3 is 0 Å². The summed E-state index contributed by atoms with van der Waals surface area (Å²) < 4.78 is 0.540. The van der Waals surface area contributed by atoms with Crippen molar-refractivity contribution in [1.82, 2.24) is 4.90 Å². The summed E-state index contributed by atoms with van der Waals surface area (Å²) >= 11 is 3.32. The third-order valence-electron chi connectivity index (χ3n) is 3.65. The Balaban J connectivity index is 2.15. The maximum absolute atomic E-state index is 11.3. The van der Waals surface area contributed by atoms with Crippen LogP contribution in [0.1, 0.15) is 31.7 Å². The SMILES string of the molecule is CC(=O)CC1CCCN1Cc1cccc([N+](=O)[O-])c1Br. The number of Topliss-reactive ketones (excluding diaryl/α,β-unsaturated/α-hetero) is 1. The summed E-state index contributed by atoms with van der Waals surface area (Å²) in [6.45, 7) is 3.19. The van der Waals surface area contributed by atoms with Crippen molar-refractivity contribution < 1.29 is 9.72 Å². The lowest BCUT2D eigenvalue weighted by Crippen LogP contribution is -2.30. The molecule has 0 aliphatic carbocycles. The van der Waals surface area contributed by atoms with Crippen LogP contribution in [-0.2, 0) is 11.3 Å². The molecule has 5 nitrogen and oxygen atoms in total. The predicted octanol–water partition coefficient (Wildman–Crippen LogP) is 3.30. The van der Waals surface area contributed by atoms with Crippen LogP contribution in [0.15, 0.2) is 22.7 Å². The Morgan fingerprint density at radius 2 is 2.30 bits per heavy atom. The second-order valence-corrected chi connectivity index (χ2v) is 5.97. The zero-order chi connectivity index (χ0) is 14.7. The minimum absolute atomic E-state index is 0.0878. The molecule has 1 aliphatic heterocycles. The quantitative estimate of drug-likeness (QED) is 0.609. The molecule has 1 aromatic rings. The van der Waals surface area contributed by atoms with Crippen LogP contribution in [0.25, 0.3) is 0 Å². The molecule has 0 N–H and O–H groups in total. The zero-order valence-electron chi connectivity index (χ0n) is 11.3. The van der Waals surface area contributed by atoms with Crippen molar-refractivity contribution >= 4 is 27.4 Å². The van der Waals surface area contributed by atoms with Crippen molar-refractivity contribution in [2.24, 2.45) is 0 Å². The van der Waals surface area contributed by atoms with Gasteiger partial charge < -0.3 is 0 Å². The molecule has 0 radical (unpaired) electrons. The summed E-state index contributed by atoms with van der Waals surface area (Å²) in [5.41, 5.74) is 0.986. The van der Waals surface area contributed by atoms with Gasteiger partial charge in [-0.05, 0) is 47.8 Å². The summed E-state index contributed by atoms with van der Waals surface area (Å²) in [5.74, 6) is 0.194. The van der Waals surface area contributed by atoms with Crippen molar-refractivity contribution in [1.29, 1.82) is 0 Å². The van der Waals surface area contributed by atoms with Crippen LogP contribution in [0, 0.1) is 10.1 Å². The van der Waals surface area contributed by atoms with E-state index in [0.29, 0.717) is 17.4 Å². The predicted molar refractivity (Wildman–Crippen MR) is 79.5 cm³/mol. The highest BCUT2D eigenvalue weighted by atomic mass is 79.9. The van der Waals surface area contributed by atoms with Gasteiger partial charge in [0.1, 0.15) is 5.78 Å². The molecule has 1 unspecified atom stereocenters. The molecule has 0 aromatic heterocycles. The van der Waals surface area contributed by atoms with Crippen LogP contribution < -0.4 is 0 Å². The Morgan fingerprint density at radius 3 is 2.95 bits per heavy atom. The first-order chi connectivity index (χ1) is 9.49. The zero-order valence-corrected chi connectivity index (χ0v) is 12.9. The Hall–Kier alpha value is -1.27. The molecule has 0 amide bonds. The van der Waals surface area contributed by atoms with E-state index in [-0.39, 0.29) is 22.4 Å². The molecule has 0 saturated carbocycles. The molecule has 1 atom stereocenters. The van der Waals surface area contributed by atoms with Gasteiger partial charge in [0.25, 0.3) is 5.69 Å². The van der Waals surface area contributed by atoms with Gasteiger partial charge in [0.05, 0.1) is 9.40 Å². The van der Waals surface area contributed by atoms with Crippen molar-refractivity contribution in [3.8, 4) is 0 Å².